The molecule has 1 atom stereocenters. The molecule has 0 fully saturated rings. The van der Waals surface area contributed by atoms with Crippen molar-refractivity contribution in [3.63, 3.8) is 0 Å². The van der Waals surface area contributed by atoms with Crippen molar-refractivity contribution in [1.29, 1.82) is 0 Å². The molecule has 1 aromatic carbocycles. The third kappa shape index (κ3) is 2.58. The van der Waals surface area contributed by atoms with E-state index in [1.165, 1.54) is 28.6 Å². The van der Waals surface area contributed by atoms with Crippen molar-refractivity contribution in [2.75, 3.05) is 15.9 Å². The molecule has 1 heterocycles. The molecule has 0 spiro atoms. The third-order valence-electron chi connectivity index (χ3n) is 3.95. The number of nitrogens with zero attached hydrogens (tertiary/aromatic N) is 1. The largest absolute Gasteiger partial charge is 0.368 e. The highest BCUT2D eigenvalue weighted by atomic mass is 127. The number of halogens is 2. The van der Waals surface area contributed by atoms with E-state index in [0.717, 1.165) is 0 Å². The van der Waals surface area contributed by atoms with Gasteiger partial charge in [0.25, 0.3) is 0 Å². The molecular weight excluding hydrogens is 345 g/mol. The van der Waals surface area contributed by atoms with E-state index in [1.807, 2.05) is 0 Å². The minimum atomic E-state index is 0. The highest BCUT2D eigenvalue weighted by Gasteiger charge is 2.40. The minimum Gasteiger partial charge on any atom is -0.368 e. The van der Waals surface area contributed by atoms with Gasteiger partial charge in [0.2, 0.25) is 0 Å². The van der Waals surface area contributed by atoms with Gasteiger partial charge in [-0.2, -0.15) is 0 Å². The van der Waals surface area contributed by atoms with Crippen molar-refractivity contribution in [3.05, 3.63) is 29.8 Å². The first-order valence-electron chi connectivity index (χ1n) is 6.01. The smallest absolute Gasteiger partial charge is 0.0407 e. The molecule has 3 heteroatoms. The predicted molar refractivity (Wildman–Crippen MR) is 87.0 cm³/mol. The summed E-state index contributed by atoms with van der Waals surface area (Å²) in [4.78, 5) is 2.58. The van der Waals surface area contributed by atoms with Crippen LogP contribution in [0.2, 0.25) is 0 Å². The van der Waals surface area contributed by atoms with Crippen molar-refractivity contribution in [2.24, 2.45) is 0 Å². The second kappa shape index (κ2) is 5.79. The maximum Gasteiger partial charge on any atom is 0.0407 e. The fourth-order valence-electron chi connectivity index (χ4n) is 2.64. The fourth-order valence-corrected chi connectivity index (χ4v) is 2.98. The molecule has 17 heavy (non-hydrogen) atoms. The number of fused-ring (bicyclic) bond motifs is 1. The summed E-state index contributed by atoms with van der Waals surface area (Å²) in [5, 5.41) is 0. The molecule has 96 valence electrons. The zero-order valence-electron chi connectivity index (χ0n) is 10.7. The Hall–Kier alpha value is 0.0400. The molecule has 1 aromatic rings. The first kappa shape index (κ1) is 15.1. The Balaban J connectivity index is 0.00000144. The van der Waals surface area contributed by atoms with Gasteiger partial charge in [-0.05, 0) is 25.0 Å². The van der Waals surface area contributed by atoms with E-state index in [-0.39, 0.29) is 17.8 Å². The maximum atomic E-state index is 2.58. The van der Waals surface area contributed by atoms with Gasteiger partial charge in [-0.25, -0.2) is 0 Å². The highest BCUT2D eigenvalue weighted by molar-refractivity contribution is 14.1. The summed E-state index contributed by atoms with van der Waals surface area (Å²) in [7, 11) is 0. The van der Waals surface area contributed by atoms with E-state index < -0.39 is 0 Å². The number of alkyl halides is 1. The molecule has 0 saturated carbocycles. The Morgan fingerprint density at radius 1 is 1.29 bits per heavy atom. The van der Waals surface area contributed by atoms with Crippen LogP contribution in [0.1, 0.15) is 32.8 Å². The van der Waals surface area contributed by atoms with Crippen molar-refractivity contribution in [2.45, 2.75) is 38.6 Å². The Kier molecular flexibility index (Phi) is 5.14. The summed E-state index contributed by atoms with van der Waals surface area (Å²) in [5.41, 5.74) is 3.24. The normalized spacial score (nSPS) is 20.9. The maximum absolute atomic E-state index is 2.58. The Morgan fingerprint density at radius 2 is 1.94 bits per heavy atom. The Labute approximate surface area is 125 Å². The number of hydrogen-bond donors (Lipinski definition) is 0. The number of anilines is 1. The van der Waals surface area contributed by atoms with Gasteiger partial charge in [-0.1, -0.05) is 54.6 Å². The van der Waals surface area contributed by atoms with Crippen LogP contribution in [0.25, 0.3) is 0 Å². The molecule has 0 N–H and O–H groups in total. The fraction of sp³-hybridized carbons (Fsp3) is 0.571. The van der Waals surface area contributed by atoms with Crippen molar-refractivity contribution < 1.29 is 0 Å². The molecular formula is C14H21ClIN. The Morgan fingerprint density at radius 3 is 2.59 bits per heavy atom. The average Bonchev–Trinajstić information content (AvgIpc) is 2.47. The molecule has 1 aliphatic heterocycles. The molecule has 0 amide bonds. The van der Waals surface area contributed by atoms with Crippen LogP contribution in [-0.4, -0.2) is 17.0 Å². The summed E-state index contributed by atoms with van der Waals surface area (Å²) < 4.78 is 1.24. The lowest BCUT2D eigenvalue weighted by molar-refractivity contribution is 0.441. The van der Waals surface area contributed by atoms with Crippen LogP contribution in [0.5, 0.6) is 0 Å². The van der Waals surface area contributed by atoms with Crippen LogP contribution in [0.3, 0.4) is 0 Å². The third-order valence-corrected chi connectivity index (χ3v) is 4.72. The van der Waals surface area contributed by atoms with Gasteiger partial charge in [-0.15, -0.1) is 12.4 Å². The van der Waals surface area contributed by atoms with Crippen LogP contribution >= 0.6 is 35.0 Å². The monoisotopic (exact) mass is 365 g/mol. The molecule has 2 rings (SSSR count). The molecule has 1 unspecified atom stereocenters. The number of para-hydroxylation sites is 1. The lowest BCUT2D eigenvalue weighted by Gasteiger charge is -2.31. The topological polar surface area (TPSA) is 3.24 Å². The average molecular weight is 366 g/mol. The van der Waals surface area contributed by atoms with Crippen LogP contribution in [0.4, 0.5) is 5.69 Å². The summed E-state index contributed by atoms with van der Waals surface area (Å²) in [5.74, 6) is 0. The second-order valence-corrected chi connectivity index (χ2v) is 6.23. The van der Waals surface area contributed by atoms with Crippen LogP contribution in [0, 0.1) is 0 Å². The van der Waals surface area contributed by atoms with Gasteiger partial charge >= 0.3 is 0 Å². The van der Waals surface area contributed by atoms with Crippen molar-refractivity contribution in [3.8, 4) is 0 Å². The Bertz CT molecular complexity index is 378. The number of benzene rings is 1. The quantitative estimate of drug-likeness (QED) is 0.566. The lowest BCUT2D eigenvalue weighted by Crippen LogP contribution is -2.39. The van der Waals surface area contributed by atoms with Gasteiger partial charge < -0.3 is 4.90 Å². The first-order valence-corrected chi connectivity index (χ1v) is 7.53. The standard InChI is InChI=1S/C14H20IN.ClH/c1-11-14(2,3)12-7-4-5-8-13(12)16(11)10-6-9-15;/h4-5,7-8,11H,6,9-10H2,1-3H3;1H. The molecule has 1 aliphatic rings. The van der Waals surface area contributed by atoms with Gasteiger partial charge in [0.05, 0.1) is 0 Å². The van der Waals surface area contributed by atoms with Gasteiger partial charge in [0.1, 0.15) is 0 Å². The highest BCUT2D eigenvalue weighted by Crippen LogP contribution is 2.44. The molecule has 0 saturated heterocycles. The zero-order chi connectivity index (χ0) is 11.8. The molecule has 0 radical (unpaired) electrons. The van der Waals surface area contributed by atoms with E-state index in [1.54, 1.807) is 0 Å². The number of hydrogen-bond acceptors (Lipinski definition) is 1. The summed E-state index contributed by atoms with van der Waals surface area (Å²) in [6.45, 7) is 8.26. The lowest BCUT2D eigenvalue weighted by atomic mass is 9.81. The predicted octanol–water partition coefficient (Wildman–Crippen LogP) is 4.42. The van der Waals surface area contributed by atoms with Crippen molar-refractivity contribution >= 4 is 40.7 Å². The van der Waals surface area contributed by atoms with Crippen LogP contribution in [-0.2, 0) is 5.41 Å². The zero-order valence-corrected chi connectivity index (χ0v) is 13.7. The minimum absolute atomic E-state index is 0. The molecule has 0 aliphatic carbocycles. The summed E-state index contributed by atoms with van der Waals surface area (Å²) in [6, 6.07) is 9.48. The first-order chi connectivity index (χ1) is 7.59. The SMILES string of the molecule is CC1N(CCCI)c2ccccc2C1(C)C.Cl. The van der Waals surface area contributed by atoms with Crippen molar-refractivity contribution in [1.82, 2.24) is 0 Å². The van der Waals surface area contributed by atoms with E-state index in [0.29, 0.717) is 6.04 Å². The summed E-state index contributed by atoms with van der Waals surface area (Å²) in [6.07, 6.45) is 1.27. The summed E-state index contributed by atoms with van der Waals surface area (Å²) >= 11 is 2.46. The van der Waals surface area contributed by atoms with Gasteiger partial charge in [-0.3, -0.25) is 0 Å². The van der Waals surface area contributed by atoms with E-state index >= 15 is 0 Å². The van der Waals surface area contributed by atoms with Gasteiger partial charge in [0, 0.05) is 28.1 Å². The van der Waals surface area contributed by atoms with Crippen LogP contribution < -0.4 is 4.90 Å². The van der Waals surface area contributed by atoms with E-state index in [4.69, 9.17) is 0 Å². The molecule has 0 bridgehead atoms. The second-order valence-electron chi connectivity index (χ2n) is 5.15. The molecule has 1 nitrogen and oxygen atoms in total. The van der Waals surface area contributed by atoms with Gasteiger partial charge in [0.15, 0.2) is 0 Å². The van der Waals surface area contributed by atoms with E-state index in [9.17, 15) is 0 Å². The van der Waals surface area contributed by atoms with Crippen LogP contribution in [0.15, 0.2) is 24.3 Å². The number of rotatable bonds is 3. The molecule has 0 aromatic heterocycles. The van der Waals surface area contributed by atoms with E-state index in [2.05, 4.69) is 72.5 Å².